The summed E-state index contributed by atoms with van der Waals surface area (Å²) in [5.74, 6) is -0.453. The largest absolute Gasteiger partial charge is 0.380 e. The number of hydrogen-bond donors (Lipinski definition) is 1. The van der Waals surface area contributed by atoms with Crippen molar-refractivity contribution >= 4 is 27.3 Å². The quantitative estimate of drug-likeness (QED) is 0.635. The molecule has 6 heteroatoms. The molecule has 2 atom stereocenters. The van der Waals surface area contributed by atoms with Gasteiger partial charge in [-0.1, -0.05) is 36.4 Å². The fourth-order valence-corrected chi connectivity index (χ4v) is 5.21. The fraction of sp³-hybridized carbons (Fsp3) is 0.348. The van der Waals surface area contributed by atoms with Crippen molar-refractivity contribution in [3.63, 3.8) is 0 Å². The minimum Gasteiger partial charge on any atom is -0.380 e. The predicted molar refractivity (Wildman–Crippen MR) is 115 cm³/mol. The van der Waals surface area contributed by atoms with E-state index in [2.05, 4.69) is 41.4 Å². The van der Waals surface area contributed by atoms with Gasteiger partial charge in [0.1, 0.15) is 5.82 Å². The molecule has 152 valence electrons. The first-order chi connectivity index (χ1) is 14.1. The molecule has 1 aliphatic rings. The van der Waals surface area contributed by atoms with E-state index in [-0.39, 0.29) is 24.4 Å². The summed E-state index contributed by atoms with van der Waals surface area (Å²) in [5, 5.41) is 3.66. The Morgan fingerprint density at radius 2 is 2.07 bits per heavy atom. The molecule has 1 fully saturated rings. The fourth-order valence-electron chi connectivity index (χ4n) is 4.08. The molecule has 0 radical (unpaired) electrons. The zero-order valence-electron chi connectivity index (χ0n) is 16.7. The standard InChI is InChI=1S/C23H25FN2O2S/c1-15(16-7-4-3-5-8-16)26-12-11-17(13-26)25-23(27)22-18(14-28-2)21-19(24)9-6-10-20(21)29-22/h3-10,15,17H,11-14H2,1-2H3,(H,25,27). The lowest BCUT2D eigenvalue weighted by atomic mass is 10.1. The zero-order valence-corrected chi connectivity index (χ0v) is 17.5. The number of carbonyl (C=O) groups excluding carboxylic acids is 1. The molecule has 0 spiro atoms. The van der Waals surface area contributed by atoms with Gasteiger partial charge in [0, 0.05) is 47.9 Å². The maximum Gasteiger partial charge on any atom is 0.262 e. The summed E-state index contributed by atoms with van der Waals surface area (Å²) in [4.78, 5) is 16.0. The van der Waals surface area contributed by atoms with Gasteiger partial charge in [-0.3, -0.25) is 9.69 Å². The molecule has 0 bridgehead atoms. The van der Waals surface area contributed by atoms with Crippen LogP contribution in [0.1, 0.15) is 40.2 Å². The van der Waals surface area contributed by atoms with Crippen molar-refractivity contribution in [3.05, 3.63) is 70.4 Å². The Morgan fingerprint density at radius 3 is 2.83 bits per heavy atom. The molecule has 29 heavy (non-hydrogen) atoms. The predicted octanol–water partition coefficient (Wildman–Crippen LogP) is 4.75. The highest BCUT2D eigenvalue weighted by atomic mass is 32.1. The molecule has 3 aromatic rings. The molecule has 1 aromatic heterocycles. The monoisotopic (exact) mass is 412 g/mol. The Hall–Kier alpha value is -2.28. The average molecular weight is 413 g/mol. The molecular formula is C23H25FN2O2S. The molecule has 4 nitrogen and oxygen atoms in total. The van der Waals surface area contributed by atoms with Gasteiger partial charge in [-0.05, 0) is 31.0 Å². The van der Waals surface area contributed by atoms with Crippen LogP contribution in [0.3, 0.4) is 0 Å². The highest BCUT2D eigenvalue weighted by Gasteiger charge is 2.29. The number of nitrogens with zero attached hydrogens (tertiary/aromatic N) is 1. The molecule has 2 aromatic carbocycles. The third-order valence-electron chi connectivity index (χ3n) is 5.64. The summed E-state index contributed by atoms with van der Waals surface area (Å²) in [5.41, 5.74) is 1.91. The van der Waals surface area contributed by atoms with Gasteiger partial charge in [-0.25, -0.2) is 4.39 Å². The number of rotatable bonds is 6. The van der Waals surface area contributed by atoms with Crippen molar-refractivity contribution in [2.75, 3.05) is 20.2 Å². The highest BCUT2D eigenvalue weighted by molar-refractivity contribution is 7.21. The topological polar surface area (TPSA) is 41.6 Å². The van der Waals surface area contributed by atoms with Gasteiger partial charge >= 0.3 is 0 Å². The number of amides is 1. The Labute approximate surface area is 174 Å². The third-order valence-corrected chi connectivity index (χ3v) is 6.84. The number of nitrogens with one attached hydrogen (secondary N) is 1. The summed E-state index contributed by atoms with van der Waals surface area (Å²) >= 11 is 1.33. The van der Waals surface area contributed by atoms with E-state index in [9.17, 15) is 9.18 Å². The smallest absolute Gasteiger partial charge is 0.262 e. The zero-order chi connectivity index (χ0) is 20.4. The maximum absolute atomic E-state index is 14.4. The summed E-state index contributed by atoms with van der Waals surface area (Å²) < 4.78 is 20.4. The van der Waals surface area contributed by atoms with E-state index in [0.29, 0.717) is 21.9 Å². The first-order valence-corrected chi connectivity index (χ1v) is 10.7. The van der Waals surface area contributed by atoms with Gasteiger partial charge in [0.2, 0.25) is 0 Å². The first kappa shape index (κ1) is 20.0. The van der Waals surface area contributed by atoms with E-state index in [1.54, 1.807) is 13.2 Å². The second kappa shape index (κ2) is 8.61. The van der Waals surface area contributed by atoms with E-state index >= 15 is 0 Å². The van der Waals surface area contributed by atoms with Crippen LogP contribution < -0.4 is 5.32 Å². The van der Waals surface area contributed by atoms with Crippen LogP contribution in [0, 0.1) is 5.82 Å². The lowest BCUT2D eigenvalue weighted by Crippen LogP contribution is -2.37. The van der Waals surface area contributed by atoms with E-state index < -0.39 is 0 Å². The Kier molecular flexibility index (Phi) is 5.94. The second-order valence-electron chi connectivity index (χ2n) is 7.50. The van der Waals surface area contributed by atoms with Gasteiger partial charge in [0.25, 0.3) is 5.91 Å². The number of fused-ring (bicyclic) bond motifs is 1. The molecule has 2 heterocycles. The van der Waals surface area contributed by atoms with Crippen LogP contribution in [-0.2, 0) is 11.3 Å². The van der Waals surface area contributed by atoms with E-state index in [1.807, 2.05) is 12.1 Å². The number of thiophene rings is 1. The molecule has 2 unspecified atom stereocenters. The minimum atomic E-state index is -0.312. The number of methoxy groups -OCH3 is 1. The molecule has 1 aliphatic heterocycles. The van der Waals surface area contributed by atoms with Crippen LogP contribution in [0.4, 0.5) is 4.39 Å². The Balaban J connectivity index is 1.49. The van der Waals surface area contributed by atoms with Crippen molar-refractivity contribution in [2.45, 2.75) is 32.0 Å². The second-order valence-corrected chi connectivity index (χ2v) is 8.55. The summed E-state index contributed by atoms with van der Waals surface area (Å²) in [6, 6.07) is 15.7. The Morgan fingerprint density at radius 1 is 1.28 bits per heavy atom. The van der Waals surface area contributed by atoms with Gasteiger partial charge < -0.3 is 10.1 Å². The van der Waals surface area contributed by atoms with Crippen LogP contribution in [-0.4, -0.2) is 37.0 Å². The molecule has 4 rings (SSSR count). The maximum atomic E-state index is 14.4. The minimum absolute atomic E-state index is 0.0825. The number of likely N-dealkylation sites (tertiary alicyclic amines) is 1. The lowest BCUT2D eigenvalue weighted by Gasteiger charge is -2.24. The number of halogens is 1. The number of ether oxygens (including phenoxy) is 1. The van der Waals surface area contributed by atoms with Crippen LogP contribution in [0.5, 0.6) is 0 Å². The first-order valence-electron chi connectivity index (χ1n) is 9.87. The molecule has 0 saturated carbocycles. The molecular weight excluding hydrogens is 387 g/mol. The van der Waals surface area contributed by atoms with E-state index in [0.717, 1.165) is 24.2 Å². The number of carbonyl (C=O) groups is 1. The lowest BCUT2D eigenvalue weighted by molar-refractivity contribution is 0.0936. The van der Waals surface area contributed by atoms with Gasteiger partial charge in [0.15, 0.2) is 0 Å². The van der Waals surface area contributed by atoms with Gasteiger partial charge in [-0.15, -0.1) is 11.3 Å². The molecule has 1 amide bonds. The van der Waals surface area contributed by atoms with Crippen LogP contribution in [0.2, 0.25) is 0 Å². The van der Waals surface area contributed by atoms with Crippen molar-refractivity contribution in [3.8, 4) is 0 Å². The van der Waals surface area contributed by atoms with Crippen molar-refractivity contribution in [1.82, 2.24) is 10.2 Å². The number of benzene rings is 2. The Bertz CT molecular complexity index is 1000. The van der Waals surface area contributed by atoms with Crippen molar-refractivity contribution in [1.29, 1.82) is 0 Å². The summed E-state index contributed by atoms with van der Waals surface area (Å²) in [6.45, 7) is 4.16. The molecule has 0 aliphatic carbocycles. The van der Waals surface area contributed by atoms with Crippen LogP contribution >= 0.6 is 11.3 Å². The average Bonchev–Trinajstić information content (AvgIpc) is 3.34. The third kappa shape index (κ3) is 4.06. The number of hydrogen-bond acceptors (Lipinski definition) is 4. The summed E-state index contributed by atoms with van der Waals surface area (Å²) in [7, 11) is 1.56. The van der Waals surface area contributed by atoms with E-state index in [4.69, 9.17) is 4.74 Å². The molecule has 1 saturated heterocycles. The van der Waals surface area contributed by atoms with Gasteiger partial charge in [0.05, 0.1) is 11.5 Å². The van der Waals surface area contributed by atoms with Crippen LogP contribution in [0.15, 0.2) is 48.5 Å². The van der Waals surface area contributed by atoms with Gasteiger partial charge in [-0.2, -0.15) is 0 Å². The highest BCUT2D eigenvalue weighted by Crippen LogP contribution is 2.34. The molecule has 1 N–H and O–H groups in total. The SMILES string of the molecule is COCc1c(C(=O)NC2CCN(C(C)c3ccccc3)C2)sc2cccc(F)c12. The van der Waals surface area contributed by atoms with Crippen molar-refractivity contribution < 1.29 is 13.9 Å². The van der Waals surface area contributed by atoms with Crippen molar-refractivity contribution in [2.24, 2.45) is 0 Å². The van der Waals surface area contributed by atoms with E-state index in [1.165, 1.54) is 23.0 Å². The normalized spacial score (nSPS) is 18.2. The van der Waals surface area contributed by atoms with Crippen LogP contribution in [0.25, 0.3) is 10.1 Å². The summed E-state index contributed by atoms with van der Waals surface area (Å²) in [6.07, 6.45) is 0.905.